The van der Waals surface area contributed by atoms with E-state index in [9.17, 15) is 0 Å². The molecule has 2 fully saturated rings. The number of hydrogen-bond acceptors (Lipinski definition) is 3. The van der Waals surface area contributed by atoms with Gasteiger partial charge in [-0.2, -0.15) is 0 Å². The average molecular weight is 253 g/mol. The van der Waals surface area contributed by atoms with Crippen molar-refractivity contribution in [1.82, 2.24) is 15.1 Å². The van der Waals surface area contributed by atoms with Crippen molar-refractivity contribution in [1.29, 1.82) is 0 Å². The first-order valence-corrected chi connectivity index (χ1v) is 7.63. The molecule has 3 heteroatoms. The van der Waals surface area contributed by atoms with Gasteiger partial charge in [-0.15, -0.1) is 0 Å². The fourth-order valence-electron chi connectivity index (χ4n) is 3.40. The first-order chi connectivity index (χ1) is 8.45. The molecule has 0 radical (unpaired) electrons. The summed E-state index contributed by atoms with van der Waals surface area (Å²) >= 11 is 0. The number of nitrogens with zero attached hydrogens (tertiary/aromatic N) is 2. The van der Waals surface area contributed by atoms with E-state index in [0.717, 1.165) is 0 Å². The molecule has 1 atom stereocenters. The Morgan fingerprint density at radius 3 is 2.22 bits per heavy atom. The van der Waals surface area contributed by atoms with Crippen molar-refractivity contribution in [2.75, 3.05) is 45.8 Å². The van der Waals surface area contributed by atoms with Crippen LogP contribution in [0.2, 0.25) is 0 Å². The average Bonchev–Trinajstić information content (AvgIpc) is 2.78. The Morgan fingerprint density at radius 2 is 1.78 bits per heavy atom. The van der Waals surface area contributed by atoms with Crippen molar-refractivity contribution >= 4 is 0 Å². The SMILES string of the molecule is CCC1(CN2CCN(C(C)(C)C)CC2)CCNC1. The quantitative estimate of drug-likeness (QED) is 0.827. The molecule has 0 aromatic carbocycles. The monoisotopic (exact) mass is 253 g/mol. The molecular formula is C15H31N3. The van der Waals surface area contributed by atoms with Crippen LogP contribution in [-0.2, 0) is 0 Å². The second-order valence-electron chi connectivity index (χ2n) is 7.21. The number of piperazine rings is 1. The van der Waals surface area contributed by atoms with Gasteiger partial charge in [-0.25, -0.2) is 0 Å². The molecule has 0 aliphatic carbocycles. The molecule has 106 valence electrons. The van der Waals surface area contributed by atoms with Gasteiger partial charge in [0.05, 0.1) is 0 Å². The van der Waals surface area contributed by atoms with Gasteiger partial charge in [0, 0.05) is 44.8 Å². The smallest absolute Gasteiger partial charge is 0.0126 e. The molecule has 0 bridgehead atoms. The minimum Gasteiger partial charge on any atom is -0.316 e. The third-order valence-corrected chi connectivity index (χ3v) is 4.96. The molecule has 2 heterocycles. The summed E-state index contributed by atoms with van der Waals surface area (Å²) < 4.78 is 0. The molecular weight excluding hydrogens is 222 g/mol. The Kier molecular flexibility index (Phi) is 4.35. The van der Waals surface area contributed by atoms with Crippen LogP contribution in [-0.4, -0.2) is 61.2 Å². The number of rotatable bonds is 3. The maximum Gasteiger partial charge on any atom is 0.0126 e. The highest BCUT2D eigenvalue weighted by atomic mass is 15.3. The fourth-order valence-corrected chi connectivity index (χ4v) is 3.40. The van der Waals surface area contributed by atoms with Crippen molar-refractivity contribution in [3.05, 3.63) is 0 Å². The molecule has 2 aliphatic heterocycles. The van der Waals surface area contributed by atoms with E-state index in [2.05, 4.69) is 42.8 Å². The maximum absolute atomic E-state index is 3.55. The van der Waals surface area contributed by atoms with Gasteiger partial charge < -0.3 is 10.2 Å². The van der Waals surface area contributed by atoms with Crippen LogP contribution in [0.15, 0.2) is 0 Å². The Balaban J connectivity index is 1.83. The molecule has 0 amide bonds. The van der Waals surface area contributed by atoms with Gasteiger partial charge >= 0.3 is 0 Å². The molecule has 2 aliphatic rings. The fraction of sp³-hybridized carbons (Fsp3) is 1.00. The van der Waals surface area contributed by atoms with Crippen LogP contribution in [0, 0.1) is 5.41 Å². The minimum atomic E-state index is 0.337. The van der Waals surface area contributed by atoms with E-state index in [-0.39, 0.29) is 0 Å². The summed E-state index contributed by atoms with van der Waals surface area (Å²) in [4.78, 5) is 5.31. The van der Waals surface area contributed by atoms with E-state index in [4.69, 9.17) is 0 Å². The molecule has 0 saturated carbocycles. The van der Waals surface area contributed by atoms with E-state index in [1.54, 1.807) is 0 Å². The number of nitrogens with one attached hydrogen (secondary N) is 1. The first kappa shape index (κ1) is 14.3. The van der Waals surface area contributed by atoms with Crippen molar-refractivity contribution in [2.24, 2.45) is 5.41 Å². The van der Waals surface area contributed by atoms with E-state index in [1.807, 2.05) is 0 Å². The highest BCUT2D eigenvalue weighted by molar-refractivity contribution is 4.91. The van der Waals surface area contributed by atoms with Gasteiger partial charge in [-0.3, -0.25) is 4.90 Å². The molecule has 2 saturated heterocycles. The van der Waals surface area contributed by atoms with Crippen molar-refractivity contribution in [2.45, 2.75) is 46.1 Å². The van der Waals surface area contributed by atoms with Crippen LogP contribution in [0.4, 0.5) is 0 Å². The largest absolute Gasteiger partial charge is 0.316 e. The van der Waals surface area contributed by atoms with Gasteiger partial charge in [0.25, 0.3) is 0 Å². The van der Waals surface area contributed by atoms with Gasteiger partial charge in [-0.1, -0.05) is 6.92 Å². The van der Waals surface area contributed by atoms with Crippen LogP contribution in [0.25, 0.3) is 0 Å². The van der Waals surface area contributed by atoms with Crippen molar-refractivity contribution in [3.63, 3.8) is 0 Å². The van der Waals surface area contributed by atoms with E-state index < -0.39 is 0 Å². The normalized spacial score (nSPS) is 32.0. The van der Waals surface area contributed by atoms with Gasteiger partial charge in [0.2, 0.25) is 0 Å². The van der Waals surface area contributed by atoms with E-state index in [1.165, 1.54) is 58.7 Å². The van der Waals surface area contributed by atoms with Gasteiger partial charge in [0.15, 0.2) is 0 Å². The molecule has 2 rings (SSSR count). The minimum absolute atomic E-state index is 0.337. The molecule has 18 heavy (non-hydrogen) atoms. The van der Waals surface area contributed by atoms with Gasteiger partial charge in [0.1, 0.15) is 0 Å². The van der Waals surface area contributed by atoms with Gasteiger partial charge in [-0.05, 0) is 45.6 Å². The lowest BCUT2D eigenvalue weighted by atomic mass is 9.83. The summed E-state index contributed by atoms with van der Waals surface area (Å²) in [6.45, 7) is 18.1. The van der Waals surface area contributed by atoms with Crippen LogP contribution in [0.3, 0.4) is 0 Å². The van der Waals surface area contributed by atoms with Crippen LogP contribution < -0.4 is 5.32 Å². The molecule has 1 unspecified atom stereocenters. The van der Waals surface area contributed by atoms with Crippen LogP contribution in [0.5, 0.6) is 0 Å². The Hall–Kier alpha value is -0.120. The lowest BCUT2D eigenvalue weighted by Gasteiger charge is -2.44. The number of hydrogen-bond donors (Lipinski definition) is 1. The summed E-state index contributed by atoms with van der Waals surface area (Å²) in [5.41, 5.74) is 0.896. The first-order valence-electron chi connectivity index (χ1n) is 7.63. The lowest BCUT2D eigenvalue weighted by Crippen LogP contribution is -2.55. The Labute approximate surface area is 113 Å². The van der Waals surface area contributed by atoms with Crippen molar-refractivity contribution in [3.8, 4) is 0 Å². The molecule has 1 N–H and O–H groups in total. The lowest BCUT2D eigenvalue weighted by molar-refractivity contribution is 0.0418. The van der Waals surface area contributed by atoms with E-state index >= 15 is 0 Å². The summed E-state index contributed by atoms with van der Waals surface area (Å²) in [7, 11) is 0. The zero-order chi connectivity index (χ0) is 13.2. The Morgan fingerprint density at radius 1 is 1.11 bits per heavy atom. The second-order valence-corrected chi connectivity index (χ2v) is 7.21. The third-order valence-electron chi connectivity index (χ3n) is 4.96. The Bertz CT molecular complexity index is 255. The second kappa shape index (κ2) is 5.48. The molecule has 0 aromatic heterocycles. The highest BCUT2D eigenvalue weighted by Crippen LogP contribution is 2.31. The van der Waals surface area contributed by atoms with Crippen LogP contribution in [0.1, 0.15) is 40.5 Å². The highest BCUT2D eigenvalue weighted by Gasteiger charge is 2.35. The molecule has 3 nitrogen and oxygen atoms in total. The van der Waals surface area contributed by atoms with E-state index in [0.29, 0.717) is 11.0 Å². The van der Waals surface area contributed by atoms with Crippen molar-refractivity contribution < 1.29 is 0 Å². The molecule has 0 aromatic rings. The predicted molar refractivity (Wildman–Crippen MR) is 78.0 cm³/mol. The summed E-state index contributed by atoms with van der Waals surface area (Å²) in [5.74, 6) is 0. The topological polar surface area (TPSA) is 18.5 Å². The third kappa shape index (κ3) is 3.25. The standard InChI is InChI=1S/C15H31N3/c1-5-15(6-7-16-12-15)13-17-8-10-18(11-9-17)14(2,3)4/h16H,5-13H2,1-4H3. The summed E-state index contributed by atoms with van der Waals surface area (Å²) in [5, 5.41) is 3.55. The maximum atomic E-state index is 3.55. The van der Waals surface area contributed by atoms with Crippen LogP contribution >= 0.6 is 0 Å². The predicted octanol–water partition coefficient (Wildman–Crippen LogP) is 1.79. The summed E-state index contributed by atoms with van der Waals surface area (Å²) in [6.07, 6.45) is 2.68. The molecule has 0 spiro atoms. The summed E-state index contributed by atoms with van der Waals surface area (Å²) in [6, 6.07) is 0. The zero-order valence-electron chi connectivity index (χ0n) is 12.8. The zero-order valence-corrected chi connectivity index (χ0v) is 12.8.